The maximum absolute atomic E-state index is 5.83. The largest absolute Gasteiger partial charge is 0.494 e. The lowest BCUT2D eigenvalue weighted by atomic mass is 10.1. The molecule has 2 rings (SSSR count). The van der Waals surface area contributed by atoms with Crippen LogP contribution in [0.15, 0.2) is 24.3 Å². The van der Waals surface area contributed by atoms with Gasteiger partial charge in [-0.25, -0.2) is 0 Å². The van der Waals surface area contributed by atoms with Crippen LogP contribution in [-0.2, 0) is 0 Å². The first-order chi connectivity index (χ1) is 8.16. The second-order valence-corrected chi connectivity index (χ2v) is 5.08. The van der Waals surface area contributed by atoms with Crippen LogP contribution in [0.5, 0.6) is 5.75 Å². The molecule has 2 unspecified atom stereocenters. The van der Waals surface area contributed by atoms with Crippen molar-refractivity contribution in [2.24, 2.45) is 5.73 Å². The average molecular weight is 234 g/mol. The summed E-state index contributed by atoms with van der Waals surface area (Å²) in [5.74, 6) is 1.54. The van der Waals surface area contributed by atoms with E-state index in [1.807, 2.05) is 0 Å². The molecule has 0 spiro atoms. The Kier molecular flexibility index (Phi) is 4.02. The van der Waals surface area contributed by atoms with Crippen molar-refractivity contribution < 1.29 is 4.74 Å². The van der Waals surface area contributed by atoms with Gasteiger partial charge >= 0.3 is 0 Å². The van der Waals surface area contributed by atoms with E-state index in [0.717, 1.165) is 31.7 Å². The molecule has 17 heavy (non-hydrogen) atoms. The molecule has 0 heterocycles. The smallest absolute Gasteiger partial charge is 0.119 e. The van der Waals surface area contributed by atoms with E-state index in [2.05, 4.69) is 43.3 Å². The summed E-state index contributed by atoms with van der Waals surface area (Å²) in [4.78, 5) is 2.17. The van der Waals surface area contributed by atoms with Gasteiger partial charge in [0.2, 0.25) is 0 Å². The Morgan fingerprint density at radius 1 is 1.29 bits per heavy atom. The molecule has 2 atom stereocenters. The summed E-state index contributed by atoms with van der Waals surface area (Å²) in [5, 5.41) is 0. The maximum atomic E-state index is 5.83. The predicted octanol–water partition coefficient (Wildman–Crippen LogP) is 1.83. The van der Waals surface area contributed by atoms with E-state index in [1.54, 1.807) is 0 Å². The van der Waals surface area contributed by atoms with E-state index in [0.29, 0.717) is 12.0 Å². The first-order valence-electron chi connectivity index (χ1n) is 6.30. The molecular weight excluding hydrogens is 212 g/mol. The SMILES string of the molecule is CN(C)CCCOc1ccc(C2CC2N)cc1. The summed E-state index contributed by atoms with van der Waals surface area (Å²) < 4.78 is 5.68. The van der Waals surface area contributed by atoms with Crippen molar-refractivity contribution in [2.75, 3.05) is 27.2 Å². The average Bonchev–Trinajstić information content (AvgIpc) is 3.02. The minimum atomic E-state index is 0.377. The summed E-state index contributed by atoms with van der Waals surface area (Å²) in [6.45, 7) is 1.84. The Balaban J connectivity index is 1.74. The van der Waals surface area contributed by atoms with Gasteiger partial charge < -0.3 is 15.4 Å². The molecule has 3 nitrogen and oxygen atoms in total. The van der Waals surface area contributed by atoms with E-state index >= 15 is 0 Å². The molecule has 0 amide bonds. The third kappa shape index (κ3) is 3.72. The van der Waals surface area contributed by atoms with Gasteiger partial charge in [0.15, 0.2) is 0 Å². The van der Waals surface area contributed by atoms with Gasteiger partial charge in [-0.15, -0.1) is 0 Å². The monoisotopic (exact) mass is 234 g/mol. The van der Waals surface area contributed by atoms with Crippen molar-refractivity contribution in [1.82, 2.24) is 4.90 Å². The van der Waals surface area contributed by atoms with Crippen LogP contribution in [0.3, 0.4) is 0 Å². The van der Waals surface area contributed by atoms with E-state index in [4.69, 9.17) is 10.5 Å². The zero-order valence-corrected chi connectivity index (χ0v) is 10.7. The third-order valence-corrected chi connectivity index (χ3v) is 3.17. The molecule has 0 aliphatic heterocycles. The number of nitrogens with two attached hydrogens (primary N) is 1. The van der Waals surface area contributed by atoms with Crippen molar-refractivity contribution in [3.8, 4) is 5.75 Å². The minimum Gasteiger partial charge on any atom is -0.494 e. The minimum absolute atomic E-state index is 0.377. The Bertz CT molecular complexity index is 348. The topological polar surface area (TPSA) is 38.5 Å². The van der Waals surface area contributed by atoms with Crippen LogP contribution < -0.4 is 10.5 Å². The molecule has 1 aliphatic carbocycles. The molecule has 0 saturated heterocycles. The summed E-state index contributed by atoms with van der Waals surface area (Å²) in [7, 11) is 4.15. The molecule has 2 N–H and O–H groups in total. The van der Waals surface area contributed by atoms with Gasteiger partial charge in [-0.2, -0.15) is 0 Å². The highest BCUT2D eigenvalue weighted by Gasteiger charge is 2.34. The molecule has 1 aliphatic rings. The summed E-state index contributed by atoms with van der Waals surface area (Å²) >= 11 is 0. The quantitative estimate of drug-likeness (QED) is 0.763. The van der Waals surface area contributed by atoms with Gasteiger partial charge in [-0.05, 0) is 44.6 Å². The number of benzene rings is 1. The van der Waals surface area contributed by atoms with E-state index in [9.17, 15) is 0 Å². The molecule has 3 heteroatoms. The van der Waals surface area contributed by atoms with Gasteiger partial charge in [0, 0.05) is 18.5 Å². The first-order valence-corrected chi connectivity index (χ1v) is 6.30. The van der Waals surface area contributed by atoms with Crippen LogP contribution in [0.25, 0.3) is 0 Å². The molecule has 94 valence electrons. The van der Waals surface area contributed by atoms with Gasteiger partial charge in [-0.3, -0.25) is 0 Å². The highest BCUT2D eigenvalue weighted by Crippen LogP contribution is 2.39. The van der Waals surface area contributed by atoms with Crippen molar-refractivity contribution >= 4 is 0 Å². The van der Waals surface area contributed by atoms with Crippen molar-refractivity contribution in [3.63, 3.8) is 0 Å². The zero-order chi connectivity index (χ0) is 12.3. The lowest BCUT2D eigenvalue weighted by Gasteiger charge is -2.10. The fraction of sp³-hybridized carbons (Fsp3) is 0.571. The zero-order valence-electron chi connectivity index (χ0n) is 10.7. The van der Waals surface area contributed by atoms with Crippen LogP contribution in [0.4, 0.5) is 0 Å². The molecule has 0 bridgehead atoms. The van der Waals surface area contributed by atoms with Crippen molar-refractivity contribution in [1.29, 1.82) is 0 Å². The summed E-state index contributed by atoms with van der Waals surface area (Å²) in [6.07, 6.45) is 2.19. The van der Waals surface area contributed by atoms with Gasteiger partial charge in [0.25, 0.3) is 0 Å². The highest BCUT2D eigenvalue weighted by molar-refractivity contribution is 5.33. The summed E-state index contributed by atoms with van der Waals surface area (Å²) in [6, 6.07) is 8.76. The fourth-order valence-corrected chi connectivity index (χ4v) is 1.98. The van der Waals surface area contributed by atoms with Crippen LogP contribution in [-0.4, -0.2) is 38.2 Å². The predicted molar refractivity (Wildman–Crippen MR) is 70.4 cm³/mol. The fourth-order valence-electron chi connectivity index (χ4n) is 1.98. The van der Waals surface area contributed by atoms with Gasteiger partial charge in [0.1, 0.15) is 5.75 Å². The Hall–Kier alpha value is -1.06. The number of hydrogen-bond donors (Lipinski definition) is 1. The summed E-state index contributed by atoms with van der Waals surface area (Å²) in [5.41, 5.74) is 7.17. The van der Waals surface area contributed by atoms with Crippen LogP contribution in [0, 0.1) is 0 Å². The molecule has 0 radical (unpaired) electrons. The van der Waals surface area contributed by atoms with E-state index in [1.165, 1.54) is 5.56 Å². The normalized spacial score (nSPS) is 22.8. The lowest BCUT2D eigenvalue weighted by molar-refractivity contribution is 0.281. The molecular formula is C14H22N2O. The Morgan fingerprint density at radius 2 is 1.94 bits per heavy atom. The highest BCUT2D eigenvalue weighted by atomic mass is 16.5. The van der Waals surface area contributed by atoms with Crippen LogP contribution in [0.1, 0.15) is 24.3 Å². The molecule has 1 aromatic carbocycles. The van der Waals surface area contributed by atoms with E-state index in [-0.39, 0.29) is 0 Å². The van der Waals surface area contributed by atoms with Gasteiger partial charge in [0.05, 0.1) is 6.61 Å². The number of ether oxygens (including phenoxy) is 1. The number of nitrogens with zero attached hydrogens (tertiary/aromatic N) is 1. The lowest BCUT2D eigenvalue weighted by Crippen LogP contribution is -2.15. The van der Waals surface area contributed by atoms with Crippen LogP contribution in [0.2, 0.25) is 0 Å². The maximum Gasteiger partial charge on any atom is 0.119 e. The van der Waals surface area contributed by atoms with Gasteiger partial charge in [-0.1, -0.05) is 12.1 Å². The number of rotatable bonds is 6. The van der Waals surface area contributed by atoms with E-state index < -0.39 is 0 Å². The second kappa shape index (κ2) is 5.52. The Labute approximate surface area is 104 Å². The van der Waals surface area contributed by atoms with Crippen molar-refractivity contribution in [3.05, 3.63) is 29.8 Å². The standard InChI is InChI=1S/C14H22N2O/c1-16(2)8-3-9-17-12-6-4-11(5-7-12)13-10-14(13)15/h4-7,13-14H,3,8-10,15H2,1-2H3. The molecule has 1 saturated carbocycles. The Morgan fingerprint density at radius 3 is 2.47 bits per heavy atom. The van der Waals surface area contributed by atoms with Crippen LogP contribution >= 0.6 is 0 Å². The molecule has 1 aromatic rings. The molecule has 1 fully saturated rings. The first kappa shape index (κ1) is 12.4. The molecule has 0 aromatic heterocycles. The third-order valence-electron chi connectivity index (χ3n) is 3.17. The van der Waals surface area contributed by atoms with Crippen molar-refractivity contribution in [2.45, 2.75) is 24.8 Å². The second-order valence-electron chi connectivity index (χ2n) is 5.08. The number of hydrogen-bond acceptors (Lipinski definition) is 3.